The molecule has 0 aromatic carbocycles. The lowest BCUT2D eigenvalue weighted by Crippen LogP contribution is -2.18. The second-order valence-corrected chi connectivity index (χ2v) is 5.53. The Kier molecular flexibility index (Phi) is 9.70. The smallest absolute Gasteiger partial charge is 0.0441 e. The summed E-state index contributed by atoms with van der Waals surface area (Å²) < 4.78 is 0. The fourth-order valence-corrected chi connectivity index (χ4v) is 2.14. The molecule has 0 aromatic heterocycles. The monoisotopic (exact) mass is 232 g/mol. The number of halogens is 1. The van der Waals surface area contributed by atoms with Crippen LogP contribution >= 0.6 is 11.6 Å². The van der Waals surface area contributed by atoms with Crippen LogP contribution in [0.1, 0.15) is 85.0 Å². The van der Waals surface area contributed by atoms with Crippen LogP contribution in [0.25, 0.3) is 0 Å². The maximum Gasteiger partial charge on any atom is 0.0441 e. The Balaban J connectivity index is 3.29. The molecule has 92 valence electrons. The molecular formula is C14H29Cl. The van der Waals surface area contributed by atoms with Crippen LogP contribution in [0, 0.1) is 0 Å². The Morgan fingerprint density at radius 1 is 0.733 bits per heavy atom. The minimum absolute atomic E-state index is 0.101. The second-order valence-electron chi connectivity index (χ2n) is 4.73. The van der Waals surface area contributed by atoms with Crippen LogP contribution in [0.5, 0.6) is 0 Å². The highest BCUT2D eigenvalue weighted by molar-refractivity contribution is 6.23. The minimum Gasteiger partial charge on any atom is -0.119 e. The molecule has 0 saturated carbocycles. The first-order valence-corrected chi connectivity index (χ1v) is 7.25. The van der Waals surface area contributed by atoms with Crippen LogP contribution in [0.4, 0.5) is 0 Å². The highest BCUT2D eigenvalue weighted by Gasteiger charge is 2.21. The van der Waals surface area contributed by atoms with E-state index in [9.17, 15) is 0 Å². The van der Waals surface area contributed by atoms with E-state index >= 15 is 0 Å². The third-order valence-electron chi connectivity index (χ3n) is 3.50. The van der Waals surface area contributed by atoms with Crippen molar-refractivity contribution in [2.24, 2.45) is 0 Å². The van der Waals surface area contributed by atoms with Gasteiger partial charge in [-0.2, -0.15) is 0 Å². The van der Waals surface area contributed by atoms with Gasteiger partial charge in [-0.05, 0) is 19.3 Å². The number of hydrogen-bond donors (Lipinski definition) is 0. The summed E-state index contributed by atoms with van der Waals surface area (Å²) in [5.74, 6) is 0. The Hall–Kier alpha value is 0.290. The van der Waals surface area contributed by atoms with Crippen LogP contribution in [-0.2, 0) is 0 Å². The van der Waals surface area contributed by atoms with Gasteiger partial charge in [0.1, 0.15) is 0 Å². The number of alkyl halides is 1. The van der Waals surface area contributed by atoms with Gasteiger partial charge in [0.05, 0.1) is 0 Å². The van der Waals surface area contributed by atoms with Crippen molar-refractivity contribution in [2.45, 2.75) is 89.9 Å². The van der Waals surface area contributed by atoms with Gasteiger partial charge < -0.3 is 0 Å². The zero-order valence-corrected chi connectivity index (χ0v) is 11.7. The van der Waals surface area contributed by atoms with E-state index in [1.165, 1.54) is 51.4 Å². The number of hydrogen-bond acceptors (Lipinski definition) is 0. The maximum absolute atomic E-state index is 6.47. The van der Waals surface area contributed by atoms with Gasteiger partial charge in [0, 0.05) is 4.87 Å². The lowest BCUT2D eigenvalue weighted by atomic mass is 9.94. The van der Waals surface area contributed by atoms with E-state index in [1.807, 2.05) is 0 Å². The Labute approximate surface area is 102 Å². The summed E-state index contributed by atoms with van der Waals surface area (Å²) in [6.07, 6.45) is 13.1. The van der Waals surface area contributed by atoms with Gasteiger partial charge in [-0.3, -0.25) is 0 Å². The molecule has 0 aliphatic rings. The molecule has 0 saturated heterocycles. The van der Waals surface area contributed by atoms with E-state index in [2.05, 4.69) is 20.8 Å². The summed E-state index contributed by atoms with van der Waals surface area (Å²) in [6.45, 7) is 6.68. The van der Waals surface area contributed by atoms with Crippen LogP contribution in [0.15, 0.2) is 0 Å². The molecule has 0 aliphatic carbocycles. The van der Waals surface area contributed by atoms with Gasteiger partial charge in [-0.1, -0.05) is 65.7 Å². The molecule has 0 radical (unpaired) electrons. The molecule has 0 amide bonds. The van der Waals surface area contributed by atoms with Gasteiger partial charge in [0.15, 0.2) is 0 Å². The first kappa shape index (κ1) is 15.3. The highest BCUT2D eigenvalue weighted by Crippen LogP contribution is 2.30. The number of rotatable bonds is 10. The van der Waals surface area contributed by atoms with Crippen molar-refractivity contribution in [1.82, 2.24) is 0 Å². The fraction of sp³-hybridized carbons (Fsp3) is 1.00. The average Bonchev–Trinajstić information content (AvgIpc) is 2.27. The van der Waals surface area contributed by atoms with Crippen LogP contribution < -0.4 is 0 Å². The average molecular weight is 233 g/mol. The Morgan fingerprint density at radius 2 is 1.20 bits per heavy atom. The molecule has 0 aromatic rings. The summed E-state index contributed by atoms with van der Waals surface area (Å²) in [4.78, 5) is 0.101. The van der Waals surface area contributed by atoms with Gasteiger partial charge in [-0.25, -0.2) is 0 Å². The summed E-state index contributed by atoms with van der Waals surface area (Å²) in [5.41, 5.74) is 0. The molecule has 0 rings (SSSR count). The first-order valence-electron chi connectivity index (χ1n) is 6.87. The predicted molar refractivity (Wildman–Crippen MR) is 71.8 cm³/mol. The third-order valence-corrected chi connectivity index (χ3v) is 4.22. The van der Waals surface area contributed by atoms with Crippen molar-refractivity contribution in [3.05, 3.63) is 0 Å². The molecule has 1 heteroatoms. The lowest BCUT2D eigenvalue weighted by Gasteiger charge is -2.23. The van der Waals surface area contributed by atoms with Crippen molar-refractivity contribution in [1.29, 1.82) is 0 Å². The molecule has 0 fully saturated rings. The van der Waals surface area contributed by atoms with E-state index < -0.39 is 0 Å². The highest BCUT2D eigenvalue weighted by atomic mass is 35.5. The largest absolute Gasteiger partial charge is 0.119 e. The van der Waals surface area contributed by atoms with E-state index in [-0.39, 0.29) is 4.87 Å². The van der Waals surface area contributed by atoms with Crippen LogP contribution in [0.2, 0.25) is 0 Å². The zero-order chi connectivity index (χ0) is 11.6. The van der Waals surface area contributed by atoms with Crippen molar-refractivity contribution >= 4 is 11.6 Å². The molecule has 0 N–H and O–H groups in total. The summed E-state index contributed by atoms with van der Waals surface area (Å²) in [5, 5.41) is 0. The van der Waals surface area contributed by atoms with Gasteiger partial charge in [0.25, 0.3) is 0 Å². The molecular weight excluding hydrogens is 204 g/mol. The van der Waals surface area contributed by atoms with E-state index in [4.69, 9.17) is 11.6 Å². The summed E-state index contributed by atoms with van der Waals surface area (Å²) >= 11 is 6.47. The topological polar surface area (TPSA) is 0 Å². The normalized spacial score (nSPS) is 12.0. The molecule has 0 atom stereocenters. The molecule has 0 heterocycles. The van der Waals surface area contributed by atoms with Crippen molar-refractivity contribution < 1.29 is 0 Å². The zero-order valence-electron chi connectivity index (χ0n) is 10.9. The standard InChI is InChI=1S/C14H29Cl/c1-4-7-8-9-10-11-12-13-14(15,5-2)6-3/h4-13H2,1-3H3. The molecule has 0 bridgehead atoms. The summed E-state index contributed by atoms with van der Waals surface area (Å²) in [7, 11) is 0. The third kappa shape index (κ3) is 8.13. The van der Waals surface area contributed by atoms with Gasteiger partial charge in [0.2, 0.25) is 0 Å². The van der Waals surface area contributed by atoms with E-state index in [0.717, 1.165) is 12.8 Å². The molecule has 15 heavy (non-hydrogen) atoms. The quantitative estimate of drug-likeness (QED) is 0.324. The second kappa shape index (κ2) is 9.51. The predicted octanol–water partition coefficient (Wildman–Crippen LogP) is 5.92. The van der Waals surface area contributed by atoms with Crippen molar-refractivity contribution in [3.63, 3.8) is 0 Å². The summed E-state index contributed by atoms with van der Waals surface area (Å²) in [6, 6.07) is 0. The van der Waals surface area contributed by atoms with Crippen LogP contribution in [-0.4, -0.2) is 4.87 Å². The Morgan fingerprint density at radius 3 is 1.67 bits per heavy atom. The lowest BCUT2D eigenvalue weighted by molar-refractivity contribution is 0.459. The first-order chi connectivity index (χ1) is 7.18. The van der Waals surface area contributed by atoms with Gasteiger partial charge >= 0.3 is 0 Å². The van der Waals surface area contributed by atoms with E-state index in [1.54, 1.807) is 0 Å². The van der Waals surface area contributed by atoms with Crippen molar-refractivity contribution in [2.75, 3.05) is 0 Å². The minimum atomic E-state index is 0.101. The SMILES string of the molecule is CCCCCCCCCC(Cl)(CC)CC. The molecule has 0 nitrogen and oxygen atoms in total. The van der Waals surface area contributed by atoms with Crippen LogP contribution in [0.3, 0.4) is 0 Å². The van der Waals surface area contributed by atoms with Crippen molar-refractivity contribution in [3.8, 4) is 0 Å². The van der Waals surface area contributed by atoms with Gasteiger partial charge in [-0.15, -0.1) is 11.6 Å². The van der Waals surface area contributed by atoms with E-state index in [0.29, 0.717) is 0 Å². The molecule has 0 unspecified atom stereocenters. The molecule has 0 aliphatic heterocycles. The Bertz CT molecular complexity index is 127. The number of unbranched alkanes of at least 4 members (excludes halogenated alkanes) is 6. The molecule has 0 spiro atoms. The maximum atomic E-state index is 6.47. The fourth-order valence-electron chi connectivity index (χ4n) is 2.00.